The Bertz CT molecular complexity index is 832. The van der Waals surface area contributed by atoms with Gasteiger partial charge in [0.25, 0.3) is 0 Å². The lowest BCUT2D eigenvalue weighted by atomic mass is 10.1. The number of aliphatic hydroxyl groups is 1. The molecule has 0 spiro atoms. The van der Waals surface area contributed by atoms with Crippen molar-refractivity contribution in [3.05, 3.63) is 18.2 Å². The van der Waals surface area contributed by atoms with Gasteiger partial charge < -0.3 is 42.2 Å². The van der Waals surface area contributed by atoms with Crippen molar-refractivity contribution in [2.45, 2.75) is 75.7 Å². The summed E-state index contributed by atoms with van der Waals surface area (Å²) in [5.74, 6) is -3.08. The SMILES string of the molecule is CC(O)C(NC(=O)C(N)CCCCN)C(=O)NC(Cc1cnc[nH]1)C(=O)N1CCCC1C(=O)O. The number of aliphatic hydroxyl groups excluding tert-OH is 1. The Hall–Kier alpha value is -3.03. The number of rotatable bonds is 13. The fourth-order valence-electron chi connectivity index (χ4n) is 3.87. The van der Waals surface area contributed by atoms with Crippen LogP contribution in [-0.4, -0.2) is 92.1 Å². The number of aromatic amines is 1. The smallest absolute Gasteiger partial charge is 0.326 e. The molecular weight excluding hydrogens is 446 g/mol. The number of hydrogen-bond acceptors (Lipinski definition) is 8. The Morgan fingerprint density at radius 2 is 2.00 bits per heavy atom. The van der Waals surface area contributed by atoms with Crippen LogP contribution in [0.1, 0.15) is 44.7 Å². The van der Waals surface area contributed by atoms with Crippen molar-refractivity contribution in [3.8, 4) is 0 Å². The van der Waals surface area contributed by atoms with E-state index in [2.05, 4.69) is 20.6 Å². The van der Waals surface area contributed by atoms with Crippen molar-refractivity contribution < 1.29 is 29.4 Å². The first-order valence-electron chi connectivity index (χ1n) is 11.4. The van der Waals surface area contributed by atoms with Crippen molar-refractivity contribution in [2.24, 2.45) is 11.5 Å². The third kappa shape index (κ3) is 7.50. The summed E-state index contributed by atoms with van der Waals surface area (Å²) in [6.45, 7) is 2.05. The van der Waals surface area contributed by atoms with E-state index in [1.807, 2.05) is 0 Å². The van der Waals surface area contributed by atoms with Crippen LogP contribution in [-0.2, 0) is 25.6 Å². The number of carboxylic acids is 1. The maximum atomic E-state index is 13.2. The molecule has 13 heteroatoms. The second-order valence-electron chi connectivity index (χ2n) is 8.49. The average molecular weight is 482 g/mol. The number of unbranched alkanes of at least 4 members (excludes halogenated alkanes) is 1. The lowest BCUT2D eigenvalue weighted by Crippen LogP contribution is -2.60. The molecule has 1 saturated heterocycles. The quantitative estimate of drug-likeness (QED) is 0.152. The number of carbonyl (C=O) groups is 4. The van der Waals surface area contributed by atoms with Gasteiger partial charge in [-0.3, -0.25) is 14.4 Å². The van der Waals surface area contributed by atoms with Crippen molar-refractivity contribution in [1.82, 2.24) is 25.5 Å². The molecule has 9 N–H and O–H groups in total. The zero-order valence-corrected chi connectivity index (χ0v) is 19.3. The molecular formula is C21H35N7O6. The third-order valence-electron chi connectivity index (χ3n) is 5.78. The van der Waals surface area contributed by atoms with Crippen LogP contribution in [0, 0.1) is 0 Å². The Morgan fingerprint density at radius 3 is 2.59 bits per heavy atom. The molecule has 1 aliphatic heterocycles. The average Bonchev–Trinajstić information content (AvgIpc) is 3.48. The van der Waals surface area contributed by atoms with Gasteiger partial charge in [0.15, 0.2) is 0 Å². The standard InChI is InChI=1S/C21H35N7O6/c1-12(29)17(27-18(30)14(23)5-2-3-7-22)19(31)26-15(9-13-10-24-11-25-13)20(32)28-8-4-6-16(28)21(33)34/h10-12,14-17,29H,2-9,22-23H2,1H3,(H,24,25)(H,26,31)(H,27,30)(H,33,34). The predicted octanol–water partition coefficient (Wildman–Crippen LogP) is -2.17. The first-order chi connectivity index (χ1) is 16.1. The number of amides is 3. The Labute approximate surface area is 197 Å². The van der Waals surface area contributed by atoms with E-state index in [0.717, 1.165) is 0 Å². The zero-order valence-electron chi connectivity index (χ0n) is 19.3. The molecule has 1 aromatic rings. The molecule has 1 aromatic heterocycles. The number of aliphatic carboxylic acids is 1. The number of hydrogen-bond donors (Lipinski definition) is 7. The summed E-state index contributed by atoms with van der Waals surface area (Å²) in [6, 6.07) is -4.36. The van der Waals surface area contributed by atoms with E-state index in [0.29, 0.717) is 44.3 Å². The van der Waals surface area contributed by atoms with E-state index in [4.69, 9.17) is 11.5 Å². The monoisotopic (exact) mass is 481 g/mol. The van der Waals surface area contributed by atoms with Crippen molar-refractivity contribution in [2.75, 3.05) is 13.1 Å². The summed E-state index contributed by atoms with van der Waals surface area (Å²) < 4.78 is 0. The van der Waals surface area contributed by atoms with Gasteiger partial charge in [-0.05, 0) is 39.2 Å². The highest BCUT2D eigenvalue weighted by atomic mass is 16.4. The molecule has 0 aliphatic carbocycles. The number of carboxylic acid groups (broad SMARTS) is 1. The maximum Gasteiger partial charge on any atom is 0.326 e. The second kappa shape index (κ2) is 13.0. The van der Waals surface area contributed by atoms with E-state index in [-0.39, 0.29) is 13.0 Å². The molecule has 2 rings (SSSR count). The fourth-order valence-corrected chi connectivity index (χ4v) is 3.87. The van der Waals surface area contributed by atoms with Gasteiger partial charge in [0.05, 0.1) is 18.5 Å². The molecule has 190 valence electrons. The van der Waals surface area contributed by atoms with Crippen molar-refractivity contribution >= 4 is 23.7 Å². The number of imidazole rings is 1. The minimum Gasteiger partial charge on any atom is -0.480 e. The Kier molecular flexibility index (Phi) is 10.4. The summed E-state index contributed by atoms with van der Waals surface area (Å²) in [5, 5.41) is 24.6. The molecule has 0 saturated carbocycles. The molecule has 2 heterocycles. The van der Waals surface area contributed by atoms with Gasteiger partial charge >= 0.3 is 5.97 Å². The molecule has 0 bridgehead atoms. The van der Waals surface area contributed by atoms with E-state index < -0.39 is 54.0 Å². The van der Waals surface area contributed by atoms with Gasteiger partial charge in [0, 0.05) is 24.9 Å². The van der Waals surface area contributed by atoms with Crippen LogP contribution in [0.5, 0.6) is 0 Å². The number of nitrogens with one attached hydrogen (secondary N) is 3. The van der Waals surface area contributed by atoms with Crippen LogP contribution >= 0.6 is 0 Å². The number of carbonyl (C=O) groups excluding carboxylic acids is 3. The van der Waals surface area contributed by atoms with Crippen molar-refractivity contribution in [3.63, 3.8) is 0 Å². The van der Waals surface area contributed by atoms with Crippen LogP contribution in [0.2, 0.25) is 0 Å². The highest BCUT2D eigenvalue weighted by molar-refractivity contribution is 5.94. The first kappa shape index (κ1) is 27.2. The van der Waals surface area contributed by atoms with Gasteiger partial charge in [0.2, 0.25) is 17.7 Å². The van der Waals surface area contributed by atoms with E-state index in [1.165, 1.54) is 24.3 Å². The molecule has 0 radical (unpaired) electrons. The largest absolute Gasteiger partial charge is 0.480 e. The normalized spacial score (nSPS) is 19.2. The van der Waals surface area contributed by atoms with Gasteiger partial charge in [-0.25, -0.2) is 9.78 Å². The highest BCUT2D eigenvalue weighted by Gasteiger charge is 2.39. The van der Waals surface area contributed by atoms with E-state index in [9.17, 15) is 29.4 Å². The molecule has 1 fully saturated rings. The first-order valence-corrected chi connectivity index (χ1v) is 11.4. The molecule has 5 unspecified atom stereocenters. The summed E-state index contributed by atoms with van der Waals surface area (Å²) >= 11 is 0. The molecule has 0 aromatic carbocycles. The van der Waals surface area contributed by atoms with E-state index >= 15 is 0 Å². The minimum atomic E-state index is -1.36. The third-order valence-corrected chi connectivity index (χ3v) is 5.78. The maximum absolute atomic E-state index is 13.2. The lowest BCUT2D eigenvalue weighted by Gasteiger charge is -2.29. The lowest BCUT2D eigenvalue weighted by molar-refractivity contribution is -0.149. The number of likely N-dealkylation sites (tertiary alicyclic amines) is 1. The number of nitrogens with two attached hydrogens (primary N) is 2. The molecule has 13 nitrogen and oxygen atoms in total. The Balaban J connectivity index is 2.14. The predicted molar refractivity (Wildman–Crippen MR) is 121 cm³/mol. The highest BCUT2D eigenvalue weighted by Crippen LogP contribution is 2.19. The molecule has 5 atom stereocenters. The van der Waals surface area contributed by atoms with Gasteiger partial charge in [-0.1, -0.05) is 6.42 Å². The molecule has 1 aliphatic rings. The molecule has 34 heavy (non-hydrogen) atoms. The fraction of sp³-hybridized carbons (Fsp3) is 0.667. The van der Waals surface area contributed by atoms with Gasteiger partial charge in [0.1, 0.15) is 18.1 Å². The minimum absolute atomic E-state index is 0.0203. The van der Waals surface area contributed by atoms with Crippen molar-refractivity contribution in [1.29, 1.82) is 0 Å². The summed E-state index contributed by atoms with van der Waals surface area (Å²) in [7, 11) is 0. The second-order valence-corrected chi connectivity index (χ2v) is 8.49. The van der Waals surface area contributed by atoms with Crippen LogP contribution in [0.4, 0.5) is 0 Å². The van der Waals surface area contributed by atoms with Crippen LogP contribution in [0.15, 0.2) is 12.5 Å². The van der Waals surface area contributed by atoms with Crippen LogP contribution in [0.25, 0.3) is 0 Å². The number of aromatic nitrogens is 2. The van der Waals surface area contributed by atoms with E-state index in [1.54, 1.807) is 0 Å². The van der Waals surface area contributed by atoms with Crippen LogP contribution in [0.3, 0.4) is 0 Å². The number of H-pyrrole nitrogens is 1. The Morgan fingerprint density at radius 1 is 1.26 bits per heavy atom. The summed E-state index contributed by atoms with van der Waals surface area (Å²) in [4.78, 5) is 58.2. The van der Waals surface area contributed by atoms with Crippen LogP contribution < -0.4 is 22.1 Å². The summed E-state index contributed by atoms with van der Waals surface area (Å²) in [5.41, 5.74) is 11.9. The number of nitrogens with zero attached hydrogens (tertiary/aromatic N) is 2. The zero-order chi connectivity index (χ0) is 25.3. The van der Waals surface area contributed by atoms with Gasteiger partial charge in [-0.2, -0.15) is 0 Å². The molecule has 3 amide bonds. The topological polar surface area (TPSA) is 217 Å². The van der Waals surface area contributed by atoms with Gasteiger partial charge in [-0.15, -0.1) is 0 Å². The summed E-state index contributed by atoms with van der Waals surface area (Å²) in [6.07, 6.45) is 4.20.